The van der Waals surface area contributed by atoms with E-state index in [-0.39, 0.29) is 6.04 Å². The van der Waals surface area contributed by atoms with Crippen LogP contribution in [0.3, 0.4) is 0 Å². The van der Waals surface area contributed by atoms with Crippen LogP contribution in [0, 0.1) is 0 Å². The van der Waals surface area contributed by atoms with Crippen molar-refractivity contribution in [1.82, 2.24) is 25.3 Å². The van der Waals surface area contributed by atoms with Crippen molar-refractivity contribution in [2.75, 3.05) is 0 Å². The van der Waals surface area contributed by atoms with Gasteiger partial charge in [0.05, 0.1) is 22.7 Å². The van der Waals surface area contributed by atoms with Crippen LogP contribution in [-0.2, 0) is 6.54 Å². The number of imidazole rings is 1. The molecule has 5 heteroatoms. The first-order chi connectivity index (χ1) is 12.3. The van der Waals surface area contributed by atoms with Crippen molar-refractivity contribution >= 4 is 21.9 Å². The number of H-pyrrole nitrogens is 2. The lowest BCUT2D eigenvalue weighted by molar-refractivity contribution is 0.577. The van der Waals surface area contributed by atoms with Crippen molar-refractivity contribution < 1.29 is 0 Å². The van der Waals surface area contributed by atoms with Crippen LogP contribution in [-0.4, -0.2) is 19.9 Å². The molecule has 0 saturated heterocycles. The molecule has 126 valence electrons. The normalized spacial score (nSPS) is 15.9. The Kier molecular flexibility index (Phi) is 3.35. The second-order valence-electron chi connectivity index (χ2n) is 7.01. The summed E-state index contributed by atoms with van der Waals surface area (Å²) in [4.78, 5) is 15.6. The van der Waals surface area contributed by atoms with Gasteiger partial charge in [0, 0.05) is 36.3 Å². The maximum Gasteiger partial charge on any atom is 0.110 e. The Morgan fingerprint density at radius 2 is 2.16 bits per heavy atom. The highest BCUT2D eigenvalue weighted by molar-refractivity contribution is 5.82. The number of hydrogen-bond donors (Lipinski definition) is 3. The third kappa shape index (κ3) is 2.70. The van der Waals surface area contributed by atoms with Crippen molar-refractivity contribution in [2.24, 2.45) is 0 Å². The van der Waals surface area contributed by atoms with Gasteiger partial charge in [-0.05, 0) is 49.1 Å². The van der Waals surface area contributed by atoms with E-state index in [1.807, 2.05) is 12.4 Å². The molecule has 3 aromatic heterocycles. The second-order valence-corrected chi connectivity index (χ2v) is 7.01. The van der Waals surface area contributed by atoms with Crippen LogP contribution >= 0.6 is 0 Å². The molecular weight excluding hydrogens is 310 g/mol. The minimum absolute atomic E-state index is 0.267. The summed E-state index contributed by atoms with van der Waals surface area (Å²) in [5.74, 6) is 1.81. The van der Waals surface area contributed by atoms with Gasteiger partial charge in [-0.15, -0.1) is 0 Å². The van der Waals surface area contributed by atoms with Gasteiger partial charge < -0.3 is 15.3 Å². The first-order valence-corrected chi connectivity index (χ1v) is 8.91. The summed E-state index contributed by atoms with van der Waals surface area (Å²) < 4.78 is 0. The monoisotopic (exact) mass is 331 g/mol. The van der Waals surface area contributed by atoms with E-state index < -0.39 is 0 Å². The number of benzene rings is 1. The number of aromatic amines is 2. The Morgan fingerprint density at radius 1 is 1.24 bits per heavy atom. The Hall–Kier alpha value is -2.66. The average molecular weight is 331 g/mol. The molecule has 1 aromatic carbocycles. The van der Waals surface area contributed by atoms with E-state index in [4.69, 9.17) is 4.98 Å². The summed E-state index contributed by atoms with van der Waals surface area (Å²) in [6, 6.07) is 8.86. The van der Waals surface area contributed by atoms with Crippen molar-refractivity contribution in [3.63, 3.8) is 0 Å². The SMILES string of the molecule is CC(NCc1c[nH]c2cnccc12)c1ccc2nc(C3CC3)[nH]c2c1. The minimum atomic E-state index is 0.267. The minimum Gasteiger partial charge on any atom is -0.360 e. The number of pyridine rings is 1. The highest BCUT2D eigenvalue weighted by atomic mass is 14.9. The molecule has 5 nitrogen and oxygen atoms in total. The molecule has 0 spiro atoms. The number of nitrogens with one attached hydrogen (secondary N) is 3. The van der Waals surface area contributed by atoms with E-state index in [2.05, 4.69) is 57.7 Å². The summed E-state index contributed by atoms with van der Waals surface area (Å²) in [5, 5.41) is 4.85. The molecule has 1 aliphatic rings. The molecule has 1 saturated carbocycles. The average Bonchev–Trinajstić information content (AvgIpc) is 3.28. The van der Waals surface area contributed by atoms with Gasteiger partial charge in [-0.25, -0.2) is 4.98 Å². The molecule has 3 N–H and O–H groups in total. The predicted molar refractivity (Wildman–Crippen MR) is 99.4 cm³/mol. The van der Waals surface area contributed by atoms with Crippen molar-refractivity contribution in [1.29, 1.82) is 0 Å². The first kappa shape index (κ1) is 14.7. The third-order valence-electron chi connectivity index (χ3n) is 5.16. The highest BCUT2D eigenvalue weighted by Gasteiger charge is 2.26. The molecule has 0 radical (unpaired) electrons. The maximum absolute atomic E-state index is 4.71. The maximum atomic E-state index is 4.71. The Bertz CT molecular complexity index is 1040. The van der Waals surface area contributed by atoms with Gasteiger partial charge in [0.15, 0.2) is 0 Å². The predicted octanol–water partition coefficient (Wildman–Crippen LogP) is 4.17. The standard InChI is InChI=1S/C20H21N5/c1-12(22-9-15-10-23-19-11-21-7-6-16(15)19)14-4-5-17-18(8-14)25-20(24-17)13-2-3-13/h4-8,10-13,22-23H,2-3,9H2,1H3,(H,24,25). The molecule has 3 heterocycles. The summed E-state index contributed by atoms with van der Waals surface area (Å²) in [5.41, 5.74) is 5.84. The fourth-order valence-corrected chi connectivity index (χ4v) is 3.43. The lowest BCUT2D eigenvalue weighted by atomic mass is 10.1. The molecule has 1 aliphatic carbocycles. The molecule has 1 unspecified atom stereocenters. The van der Waals surface area contributed by atoms with Crippen molar-refractivity contribution in [3.8, 4) is 0 Å². The quantitative estimate of drug-likeness (QED) is 0.514. The van der Waals surface area contributed by atoms with Gasteiger partial charge in [0.1, 0.15) is 5.82 Å². The van der Waals surface area contributed by atoms with E-state index in [1.165, 1.54) is 29.4 Å². The van der Waals surface area contributed by atoms with E-state index in [0.29, 0.717) is 5.92 Å². The Labute approximate surface area is 145 Å². The summed E-state index contributed by atoms with van der Waals surface area (Å²) in [6.45, 7) is 3.02. The van der Waals surface area contributed by atoms with E-state index in [9.17, 15) is 0 Å². The van der Waals surface area contributed by atoms with Gasteiger partial charge in [-0.1, -0.05) is 6.07 Å². The van der Waals surface area contributed by atoms with Gasteiger partial charge in [-0.2, -0.15) is 0 Å². The van der Waals surface area contributed by atoms with E-state index in [1.54, 1.807) is 0 Å². The number of rotatable bonds is 5. The van der Waals surface area contributed by atoms with Crippen molar-refractivity contribution in [2.45, 2.75) is 38.3 Å². The fraction of sp³-hybridized carbons (Fsp3) is 0.300. The summed E-state index contributed by atoms with van der Waals surface area (Å²) in [6.07, 6.45) is 8.31. The molecule has 1 fully saturated rings. The van der Waals surface area contributed by atoms with Crippen LogP contribution in [0.4, 0.5) is 0 Å². The molecular formula is C20H21N5. The Morgan fingerprint density at radius 3 is 3.04 bits per heavy atom. The topological polar surface area (TPSA) is 69.4 Å². The van der Waals surface area contributed by atoms with Crippen LogP contribution < -0.4 is 5.32 Å². The number of aromatic nitrogens is 4. The molecule has 4 aromatic rings. The number of hydrogen-bond acceptors (Lipinski definition) is 3. The fourth-order valence-electron chi connectivity index (χ4n) is 3.43. The van der Waals surface area contributed by atoms with Gasteiger partial charge in [0.25, 0.3) is 0 Å². The largest absolute Gasteiger partial charge is 0.360 e. The lowest BCUT2D eigenvalue weighted by Gasteiger charge is -2.14. The van der Waals surface area contributed by atoms with Gasteiger partial charge in [-0.3, -0.25) is 4.98 Å². The zero-order chi connectivity index (χ0) is 16.8. The zero-order valence-corrected chi connectivity index (χ0v) is 14.2. The molecule has 25 heavy (non-hydrogen) atoms. The van der Waals surface area contributed by atoms with E-state index in [0.717, 1.165) is 28.9 Å². The number of fused-ring (bicyclic) bond motifs is 2. The van der Waals surface area contributed by atoms with Gasteiger partial charge in [0.2, 0.25) is 0 Å². The van der Waals surface area contributed by atoms with Crippen molar-refractivity contribution in [3.05, 3.63) is 59.8 Å². The highest BCUT2D eigenvalue weighted by Crippen LogP contribution is 2.39. The van der Waals surface area contributed by atoms with Crippen LogP contribution in [0.15, 0.2) is 42.9 Å². The third-order valence-corrected chi connectivity index (χ3v) is 5.16. The van der Waals surface area contributed by atoms with E-state index >= 15 is 0 Å². The van der Waals surface area contributed by atoms with Crippen LogP contribution in [0.25, 0.3) is 21.9 Å². The number of nitrogens with zero attached hydrogens (tertiary/aromatic N) is 2. The summed E-state index contributed by atoms with van der Waals surface area (Å²) in [7, 11) is 0. The lowest BCUT2D eigenvalue weighted by Crippen LogP contribution is -2.17. The first-order valence-electron chi connectivity index (χ1n) is 8.91. The van der Waals surface area contributed by atoms with Crippen LogP contribution in [0.5, 0.6) is 0 Å². The molecule has 0 aliphatic heterocycles. The molecule has 1 atom stereocenters. The molecule has 0 amide bonds. The summed E-state index contributed by atoms with van der Waals surface area (Å²) >= 11 is 0. The van der Waals surface area contributed by atoms with Crippen LogP contribution in [0.2, 0.25) is 0 Å². The smallest absolute Gasteiger partial charge is 0.110 e. The zero-order valence-electron chi connectivity index (χ0n) is 14.2. The van der Waals surface area contributed by atoms with Crippen LogP contribution in [0.1, 0.15) is 48.7 Å². The van der Waals surface area contributed by atoms with Gasteiger partial charge >= 0.3 is 0 Å². The Balaban J connectivity index is 1.34. The second kappa shape index (κ2) is 5.70. The molecule has 5 rings (SSSR count). The molecule has 0 bridgehead atoms.